The van der Waals surface area contributed by atoms with Gasteiger partial charge < -0.3 is 24.6 Å². The van der Waals surface area contributed by atoms with E-state index >= 15 is 0 Å². The third-order valence-corrected chi connectivity index (χ3v) is 5.12. The number of hydrogen-bond acceptors (Lipinski definition) is 5. The number of anilines is 1. The van der Waals surface area contributed by atoms with Crippen LogP contribution >= 0.6 is 11.6 Å². The molecular weight excluding hydrogens is 418 g/mol. The lowest BCUT2D eigenvalue weighted by Gasteiger charge is -2.16. The number of aryl methyl sites for hydroxylation is 1. The Balaban J connectivity index is 1.76. The van der Waals surface area contributed by atoms with Crippen molar-refractivity contribution < 1.29 is 24.1 Å². The van der Waals surface area contributed by atoms with Crippen molar-refractivity contribution in [2.24, 2.45) is 0 Å². The summed E-state index contributed by atoms with van der Waals surface area (Å²) in [6.45, 7) is 2.77. The van der Waals surface area contributed by atoms with Gasteiger partial charge in [-0.15, -0.1) is 0 Å². The first-order chi connectivity index (χ1) is 14.9. The first-order valence-electron chi connectivity index (χ1n) is 9.61. The zero-order valence-corrected chi connectivity index (χ0v) is 18.3. The lowest BCUT2D eigenvalue weighted by atomic mass is 10.1. The van der Waals surface area contributed by atoms with E-state index in [1.807, 2.05) is 31.2 Å². The van der Waals surface area contributed by atoms with E-state index in [2.05, 4.69) is 5.32 Å². The Morgan fingerprint density at radius 1 is 0.968 bits per heavy atom. The number of halogens is 1. The summed E-state index contributed by atoms with van der Waals surface area (Å²) in [6.07, 6.45) is 0. The Morgan fingerprint density at radius 2 is 1.68 bits per heavy atom. The number of carbonyl (C=O) groups is 1. The van der Waals surface area contributed by atoms with Gasteiger partial charge in [-0.1, -0.05) is 41.4 Å². The molecule has 7 heteroatoms. The van der Waals surface area contributed by atoms with E-state index in [0.717, 1.165) is 11.1 Å². The third-order valence-electron chi connectivity index (χ3n) is 4.76. The SMILES string of the molecule is COc1ccc(C(=O)O)cc1NCc1cc(OC)c(OCc2ccc(C)cc2)cc1Cl. The summed E-state index contributed by atoms with van der Waals surface area (Å²) in [5.41, 5.74) is 3.71. The Hall–Kier alpha value is -3.38. The molecule has 6 nitrogen and oxygen atoms in total. The number of aromatic carboxylic acids is 1. The van der Waals surface area contributed by atoms with Crippen molar-refractivity contribution in [1.29, 1.82) is 0 Å². The third kappa shape index (κ3) is 5.61. The maximum Gasteiger partial charge on any atom is 0.335 e. The largest absolute Gasteiger partial charge is 0.495 e. The molecule has 0 saturated heterocycles. The summed E-state index contributed by atoms with van der Waals surface area (Å²) in [4.78, 5) is 11.3. The van der Waals surface area contributed by atoms with E-state index in [4.69, 9.17) is 25.8 Å². The Bertz CT molecular complexity index is 1070. The van der Waals surface area contributed by atoms with E-state index in [1.165, 1.54) is 24.8 Å². The van der Waals surface area contributed by atoms with Gasteiger partial charge in [0.1, 0.15) is 12.4 Å². The molecule has 0 atom stereocenters. The second-order valence-corrected chi connectivity index (χ2v) is 7.35. The van der Waals surface area contributed by atoms with Crippen LogP contribution in [0.25, 0.3) is 0 Å². The van der Waals surface area contributed by atoms with Crippen LogP contribution in [-0.2, 0) is 13.2 Å². The molecule has 0 aliphatic carbocycles. The molecule has 31 heavy (non-hydrogen) atoms. The highest BCUT2D eigenvalue weighted by Gasteiger charge is 2.13. The Labute approximate surface area is 186 Å². The number of nitrogens with one attached hydrogen (secondary N) is 1. The molecule has 0 heterocycles. The minimum atomic E-state index is -1.01. The number of carboxylic acid groups (broad SMARTS) is 1. The molecule has 0 spiro atoms. The van der Waals surface area contributed by atoms with Gasteiger partial charge in [-0.3, -0.25) is 0 Å². The Kier molecular flexibility index (Phi) is 7.26. The smallest absolute Gasteiger partial charge is 0.335 e. The molecule has 0 saturated carbocycles. The first-order valence-corrected chi connectivity index (χ1v) is 9.99. The first kappa shape index (κ1) is 22.3. The number of benzene rings is 3. The summed E-state index contributed by atoms with van der Waals surface area (Å²) in [5.74, 6) is 0.619. The molecule has 3 aromatic carbocycles. The maximum absolute atomic E-state index is 11.3. The normalized spacial score (nSPS) is 10.5. The minimum Gasteiger partial charge on any atom is -0.495 e. The van der Waals surface area contributed by atoms with E-state index in [0.29, 0.717) is 41.1 Å². The zero-order chi connectivity index (χ0) is 22.4. The van der Waals surface area contributed by atoms with Crippen LogP contribution in [0.1, 0.15) is 27.0 Å². The van der Waals surface area contributed by atoms with Crippen LogP contribution in [0.3, 0.4) is 0 Å². The maximum atomic E-state index is 11.3. The second-order valence-electron chi connectivity index (χ2n) is 6.94. The van der Waals surface area contributed by atoms with Gasteiger partial charge in [-0.2, -0.15) is 0 Å². The van der Waals surface area contributed by atoms with Crippen molar-refractivity contribution >= 4 is 23.3 Å². The standard InChI is InChI=1S/C24H24ClNO5/c1-15-4-6-16(7-5-15)14-31-23-12-19(25)18(11-22(23)30-3)13-26-20-10-17(24(27)28)8-9-21(20)29-2/h4-12,26H,13-14H2,1-3H3,(H,27,28). The molecule has 0 bridgehead atoms. The molecule has 0 aliphatic rings. The molecule has 162 valence electrons. The van der Waals surface area contributed by atoms with Crippen molar-refractivity contribution in [3.05, 3.63) is 81.9 Å². The van der Waals surface area contributed by atoms with Crippen LogP contribution in [0.4, 0.5) is 5.69 Å². The lowest BCUT2D eigenvalue weighted by Crippen LogP contribution is -2.05. The van der Waals surface area contributed by atoms with Crippen LogP contribution in [0.15, 0.2) is 54.6 Å². The van der Waals surface area contributed by atoms with E-state index in [1.54, 1.807) is 25.3 Å². The molecule has 0 radical (unpaired) electrons. The van der Waals surface area contributed by atoms with Gasteiger partial charge in [0, 0.05) is 17.6 Å². The summed E-state index contributed by atoms with van der Waals surface area (Å²) in [6, 6.07) is 16.2. The van der Waals surface area contributed by atoms with Gasteiger partial charge >= 0.3 is 5.97 Å². The highest BCUT2D eigenvalue weighted by molar-refractivity contribution is 6.31. The lowest BCUT2D eigenvalue weighted by molar-refractivity contribution is 0.0697. The van der Waals surface area contributed by atoms with Crippen molar-refractivity contribution in [2.75, 3.05) is 19.5 Å². The molecule has 0 amide bonds. The number of hydrogen-bond donors (Lipinski definition) is 2. The molecular formula is C24H24ClNO5. The van der Waals surface area contributed by atoms with E-state index in [9.17, 15) is 9.90 Å². The summed E-state index contributed by atoms with van der Waals surface area (Å²) >= 11 is 6.48. The van der Waals surface area contributed by atoms with Gasteiger partial charge in [-0.25, -0.2) is 4.79 Å². The molecule has 0 aromatic heterocycles. The average molecular weight is 442 g/mol. The highest BCUT2D eigenvalue weighted by Crippen LogP contribution is 2.35. The number of ether oxygens (including phenoxy) is 3. The van der Waals surface area contributed by atoms with Crippen LogP contribution in [0.5, 0.6) is 17.2 Å². The van der Waals surface area contributed by atoms with Gasteiger partial charge in [0.25, 0.3) is 0 Å². The van der Waals surface area contributed by atoms with Crippen LogP contribution in [0.2, 0.25) is 5.02 Å². The predicted octanol–water partition coefficient (Wildman–Crippen LogP) is 5.55. The number of methoxy groups -OCH3 is 2. The van der Waals surface area contributed by atoms with E-state index in [-0.39, 0.29) is 5.56 Å². The number of rotatable bonds is 9. The molecule has 0 aliphatic heterocycles. The zero-order valence-electron chi connectivity index (χ0n) is 17.6. The minimum absolute atomic E-state index is 0.159. The van der Waals surface area contributed by atoms with Crippen LogP contribution < -0.4 is 19.5 Å². The van der Waals surface area contributed by atoms with Crippen molar-refractivity contribution in [3.8, 4) is 17.2 Å². The van der Waals surface area contributed by atoms with Gasteiger partial charge in [-0.05, 0) is 42.3 Å². The summed E-state index contributed by atoms with van der Waals surface area (Å²) in [5, 5.41) is 12.9. The average Bonchev–Trinajstić information content (AvgIpc) is 2.77. The Morgan fingerprint density at radius 3 is 2.32 bits per heavy atom. The molecule has 0 unspecified atom stereocenters. The van der Waals surface area contributed by atoms with Gasteiger partial charge in [0.05, 0.1) is 25.5 Å². The topological polar surface area (TPSA) is 77.0 Å². The summed E-state index contributed by atoms with van der Waals surface area (Å²) < 4.78 is 16.7. The number of carboxylic acids is 1. The van der Waals surface area contributed by atoms with E-state index < -0.39 is 5.97 Å². The van der Waals surface area contributed by atoms with Crippen LogP contribution in [0, 0.1) is 6.92 Å². The van der Waals surface area contributed by atoms with Crippen molar-refractivity contribution in [1.82, 2.24) is 0 Å². The van der Waals surface area contributed by atoms with Gasteiger partial charge in [0.2, 0.25) is 0 Å². The van der Waals surface area contributed by atoms with Crippen molar-refractivity contribution in [2.45, 2.75) is 20.1 Å². The molecule has 3 rings (SSSR count). The quantitative estimate of drug-likeness (QED) is 0.453. The summed E-state index contributed by atoms with van der Waals surface area (Å²) in [7, 11) is 3.09. The second kappa shape index (κ2) is 10.1. The monoisotopic (exact) mass is 441 g/mol. The van der Waals surface area contributed by atoms with Crippen molar-refractivity contribution in [3.63, 3.8) is 0 Å². The van der Waals surface area contributed by atoms with Gasteiger partial charge in [0.15, 0.2) is 11.5 Å². The fourth-order valence-corrected chi connectivity index (χ4v) is 3.22. The fourth-order valence-electron chi connectivity index (χ4n) is 3.00. The predicted molar refractivity (Wildman–Crippen MR) is 121 cm³/mol. The molecule has 2 N–H and O–H groups in total. The molecule has 3 aromatic rings. The van der Waals surface area contributed by atoms with Crippen LogP contribution in [-0.4, -0.2) is 25.3 Å². The fraction of sp³-hybridized carbons (Fsp3) is 0.208. The molecule has 0 fully saturated rings. The highest BCUT2D eigenvalue weighted by atomic mass is 35.5.